The summed E-state index contributed by atoms with van der Waals surface area (Å²) in [6, 6.07) is 8.67. The van der Waals surface area contributed by atoms with E-state index < -0.39 is 0 Å². The van der Waals surface area contributed by atoms with Gasteiger partial charge in [-0.3, -0.25) is 9.69 Å². The number of ether oxygens (including phenoxy) is 1. The van der Waals surface area contributed by atoms with Gasteiger partial charge >= 0.3 is 0 Å². The van der Waals surface area contributed by atoms with Crippen molar-refractivity contribution in [2.75, 3.05) is 26.3 Å². The second-order valence-electron chi connectivity index (χ2n) is 8.91. The lowest BCUT2D eigenvalue weighted by molar-refractivity contribution is 0.0832. The van der Waals surface area contributed by atoms with Gasteiger partial charge in [0, 0.05) is 44.7 Å². The number of rotatable bonds is 4. The van der Waals surface area contributed by atoms with Crippen molar-refractivity contribution in [3.63, 3.8) is 0 Å². The molecule has 0 radical (unpaired) electrons. The van der Waals surface area contributed by atoms with E-state index in [0.29, 0.717) is 17.4 Å². The zero-order valence-electron chi connectivity index (χ0n) is 17.7. The maximum Gasteiger partial charge on any atom is 0.276 e. The van der Waals surface area contributed by atoms with Crippen LogP contribution in [0, 0.1) is 12.8 Å². The molecule has 158 valence electrons. The Bertz CT molecular complexity index is 1100. The van der Waals surface area contributed by atoms with Gasteiger partial charge in [0.1, 0.15) is 11.6 Å². The van der Waals surface area contributed by atoms with Crippen LogP contribution in [0.15, 0.2) is 35.3 Å². The maximum atomic E-state index is 12.8. The van der Waals surface area contributed by atoms with Crippen molar-refractivity contribution >= 4 is 5.52 Å². The Morgan fingerprint density at radius 2 is 2.07 bits per heavy atom. The van der Waals surface area contributed by atoms with E-state index in [2.05, 4.69) is 53.0 Å². The summed E-state index contributed by atoms with van der Waals surface area (Å²) >= 11 is 0. The lowest BCUT2D eigenvalue weighted by Crippen LogP contribution is -2.24. The first-order valence-electron chi connectivity index (χ1n) is 10.9. The molecule has 2 aromatic heterocycles. The summed E-state index contributed by atoms with van der Waals surface area (Å²) in [4.78, 5) is 22.8. The van der Waals surface area contributed by atoms with Crippen molar-refractivity contribution in [1.29, 1.82) is 0 Å². The van der Waals surface area contributed by atoms with E-state index in [4.69, 9.17) is 9.84 Å². The monoisotopic (exact) mass is 407 g/mol. The Labute approximate surface area is 176 Å². The highest BCUT2D eigenvalue weighted by Gasteiger charge is 2.33. The summed E-state index contributed by atoms with van der Waals surface area (Å²) in [6.45, 7) is 8.67. The minimum atomic E-state index is -0.102. The Kier molecular flexibility index (Phi) is 5.16. The molecule has 2 saturated heterocycles. The van der Waals surface area contributed by atoms with Crippen molar-refractivity contribution in [3.05, 3.63) is 63.6 Å². The standard InChI is InChI=1S/C23H29N5O2/c1-15-4-3-5-17(10-15)13-27-12-16(2)19(14-27)21-25-23(29)20-11-24-22(28(20)26-21)18-6-8-30-9-7-18/h3-5,10-11,16,18-19H,6-9,12-14H2,1-2H3,(H,25,26,29). The van der Waals surface area contributed by atoms with E-state index in [0.717, 1.165) is 57.3 Å². The number of nitrogens with one attached hydrogen (secondary N) is 1. The molecule has 0 spiro atoms. The van der Waals surface area contributed by atoms with Gasteiger partial charge in [-0.25, -0.2) is 9.50 Å². The van der Waals surface area contributed by atoms with Gasteiger partial charge in [0.25, 0.3) is 5.56 Å². The van der Waals surface area contributed by atoms with Crippen molar-refractivity contribution in [1.82, 2.24) is 24.5 Å². The third kappa shape index (κ3) is 3.68. The van der Waals surface area contributed by atoms with Crippen LogP contribution >= 0.6 is 0 Å². The van der Waals surface area contributed by atoms with Crippen LogP contribution in [0.4, 0.5) is 0 Å². The molecule has 5 rings (SSSR count). The van der Waals surface area contributed by atoms with Crippen LogP contribution in [0.2, 0.25) is 0 Å². The first kappa shape index (κ1) is 19.5. The molecule has 7 nitrogen and oxygen atoms in total. The van der Waals surface area contributed by atoms with E-state index >= 15 is 0 Å². The third-order valence-electron chi connectivity index (χ3n) is 6.56. The molecule has 3 aromatic rings. The first-order chi connectivity index (χ1) is 14.6. The van der Waals surface area contributed by atoms with E-state index in [1.807, 2.05) is 0 Å². The molecule has 0 aliphatic carbocycles. The second kappa shape index (κ2) is 7.96. The van der Waals surface area contributed by atoms with E-state index in [-0.39, 0.29) is 11.5 Å². The molecule has 1 N–H and O–H groups in total. The average Bonchev–Trinajstić information content (AvgIpc) is 3.32. The molecule has 2 fully saturated rings. The van der Waals surface area contributed by atoms with E-state index in [1.165, 1.54) is 11.1 Å². The van der Waals surface area contributed by atoms with Crippen LogP contribution in [0.1, 0.15) is 54.4 Å². The number of H-pyrrole nitrogens is 1. The minimum Gasteiger partial charge on any atom is -0.381 e. The number of likely N-dealkylation sites (tertiary alicyclic amines) is 1. The second-order valence-corrected chi connectivity index (χ2v) is 8.91. The lowest BCUT2D eigenvalue weighted by atomic mass is 9.97. The molecule has 2 atom stereocenters. The number of nitrogens with zero attached hydrogens (tertiary/aromatic N) is 4. The van der Waals surface area contributed by atoms with Crippen LogP contribution < -0.4 is 5.56 Å². The number of hydrogen-bond acceptors (Lipinski definition) is 5. The normalized spacial score (nSPS) is 23.4. The number of aromatic nitrogens is 4. The summed E-state index contributed by atoms with van der Waals surface area (Å²) in [5, 5.41) is 4.89. The molecule has 7 heteroatoms. The van der Waals surface area contributed by atoms with Crippen molar-refractivity contribution in [2.45, 2.75) is 45.1 Å². The Balaban J connectivity index is 1.42. The first-order valence-corrected chi connectivity index (χ1v) is 10.9. The fourth-order valence-corrected chi connectivity index (χ4v) is 4.95. The van der Waals surface area contributed by atoms with Gasteiger partial charge in [-0.1, -0.05) is 36.8 Å². The third-order valence-corrected chi connectivity index (χ3v) is 6.56. The highest BCUT2D eigenvalue weighted by Crippen LogP contribution is 2.31. The van der Waals surface area contributed by atoms with Crippen LogP contribution in [-0.2, 0) is 11.3 Å². The van der Waals surface area contributed by atoms with Crippen LogP contribution in [-0.4, -0.2) is 50.8 Å². The van der Waals surface area contributed by atoms with Crippen molar-refractivity contribution in [3.8, 4) is 0 Å². The number of benzene rings is 1. The van der Waals surface area contributed by atoms with E-state index in [9.17, 15) is 4.79 Å². The SMILES string of the molecule is Cc1cccc(CN2CC(C)C(c3nn4c(C5CCOCC5)ncc4c(=O)[nH]3)C2)c1. The highest BCUT2D eigenvalue weighted by molar-refractivity contribution is 5.42. The van der Waals surface area contributed by atoms with Crippen molar-refractivity contribution < 1.29 is 4.74 Å². The molecular weight excluding hydrogens is 378 g/mol. The van der Waals surface area contributed by atoms with Gasteiger partial charge in [-0.05, 0) is 31.2 Å². The zero-order valence-corrected chi connectivity index (χ0v) is 17.7. The molecule has 4 heterocycles. The molecule has 30 heavy (non-hydrogen) atoms. The lowest BCUT2D eigenvalue weighted by Gasteiger charge is -2.21. The zero-order chi connectivity index (χ0) is 20.7. The number of fused-ring (bicyclic) bond motifs is 1. The van der Waals surface area contributed by atoms with Gasteiger partial charge in [0.15, 0.2) is 5.52 Å². The Hall–Kier alpha value is -2.51. The highest BCUT2D eigenvalue weighted by atomic mass is 16.5. The average molecular weight is 408 g/mol. The predicted octanol–water partition coefficient (Wildman–Crippen LogP) is 2.86. The molecule has 2 aliphatic rings. The van der Waals surface area contributed by atoms with Crippen molar-refractivity contribution in [2.24, 2.45) is 5.92 Å². The fourth-order valence-electron chi connectivity index (χ4n) is 4.95. The van der Waals surface area contributed by atoms with Gasteiger partial charge in [0.05, 0.1) is 6.20 Å². The largest absolute Gasteiger partial charge is 0.381 e. The topological polar surface area (TPSA) is 75.5 Å². The molecule has 0 saturated carbocycles. The molecule has 2 aliphatic heterocycles. The number of aryl methyl sites for hydroxylation is 1. The van der Waals surface area contributed by atoms with Gasteiger partial charge in [-0.15, -0.1) is 0 Å². The molecular formula is C23H29N5O2. The minimum absolute atomic E-state index is 0.102. The van der Waals surface area contributed by atoms with Crippen LogP contribution in [0.25, 0.3) is 5.52 Å². The Morgan fingerprint density at radius 1 is 1.23 bits per heavy atom. The smallest absolute Gasteiger partial charge is 0.276 e. The van der Waals surface area contributed by atoms with Gasteiger partial charge in [0.2, 0.25) is 0 Å². The number of hydrogen-bond donors (Lipinski definition) is 1. The summed E-state index contributed by atoms with van der Waals surface area (Å²) in [6.07, 6.45) is 3.50. The summed E-state index contributed by atoms with van der Waals surface area (Å²) in [7, 11) is 0. The number of imidazole rings is 1. The van der Waals surface area contributed by atoms with Gasteiger partial charge in [-0.2, -0.15) is 5.10 Å². The van der Waals surface area contributed by atoms with Crippen LogP contribution in [0.3, 0.4) is 0 Å². The maximum absolute atomic E-state index is 12.8. The van der Waals surface area contributed by atoms with Gasteiger partial charge < -0.3 is 9.72 Å². The van der Waals surface area contributed by atoms with E-state index in [1.54, 1.807) is 10.7 Å². The fraction of sp³-hybridized carbons (Fsp3) is 0.522. The molecule has 1 aromatic carbocycles. The van der Waals surface area contributed by atoms with Crippen LogP contribution in [0.5, 0.6) is 0 Å². The molecule has 2 unspecified atom stereocenters. The Morgan fingerprint density at radius 3 is 2.87 bits per heavy atom. The summed E-state index contributed by atoms with van der Waals surface area (Å²) < 4.78 is 7.28. The molecule has 0 amide bonds. The summed E-state index contributed by atoms with van der Waals surface area (Å²) in [5.74, 6) is 2.59. The summed E-state index contributed by atoms with van der Waals surface area (Å²) in [5.41, 5.74) is 3.04. The number of aromatic amines is 1. The predicted molar refractivity (Wildman–Crippen MR) is 115 cm³/mol. The quantitative estimate of drug-likeness (QED) is 0.720. The molecule has 0 bridgehead atoms.